The van der Waals surface area contributed by atoms with Gasteiger partial charge in [0.15, 0.2) is 0 Å². The molecule has 20 heavy (non-hydrogen) atoms. The van der Waals surface area contributed by atoms with Crippen molar-refractivity contribution in [3.8, 4) is 6.07 Å². The maximum absolute atomic E-state index is 10.3. The van der Waals surface area contributed by atoms with E-state index in [2.05, 4.69) is 17.9 Å². The lowest BCUT2D eigenvalue weighted by Crippen LogP contribution is -2.36. The van der Waals surface area contributed by atoms with Gasteiger partial charge in [0.25, 0.3) is 0 Å². The second kappa shape index (κ2) is 7.42. The predicted molar refractivity (Wildman–Crippen MR) is 80.2 cm³/mol. The van der Waals surface area contributed by atoms with Gasteiger partial charge in [-0.3, -0.25) is 0 Å². The van der Waals surface area contributed by atoms with Crippen LogP contribution in [0.3, 0.4) is 0 Å². The van der Waals surface area contributed by atoms with Crippen LogP contribution in [0.5, 0.6) is 0 Å². The topological polar surface area (TPSA) is 47.3 Å². The fourth-order valence-electron chi connectivity index (χ4n) is 3.00. The summed E-state index contributed by atoms with van der Waals surface area (Å²) in [7, 11) is 0. The van der Waals surface area contributed by atoms with E-state index in [-0.39, 0.29) is 0 Å². The lowest BCUT2D eigenvalue weighted by molar-refractivity contribution is 0.0879. The molecule has 0 radical (unpaired) electrons. The van der Waals surface area contributed by atoms with Crippen LogP contribution in [0, 0.1) is 17.2 Å². The highest BCUT2D eigenvalue weighted by Gasteiger charge is 2.20. The molecule has 0 bridgehead atoms. The van der Waals surface area contributed by atoms with E-state index in [1.807, 2.05) is 12.1 Å². The highest BCUT2D eigenvalue weighted by Crippen LogP contribution is 2.23. The maximum Gasteiger partial charge on any atom is 0.0991 e. The largest absolute Gasteiger partial charge is 0.387 e. The van der Waals surface area contributed by atoms with Gasteiger partial charge in [-0.2, -0.15) is 5.26 Å². The molecule has 1 unspecified atom stereocenters. The third-order valence-electron chi connectivity index (χ3n) is 4.26. The van der Waals surface area contributed by atoms with Gasteiger partial charge in [-0.15, -0.1) is 0 Å². The Bertz CT molecular complexity index is 441. The smallest absolute Gasteiger partial charge is 0.0991 e. The summed E-state index contributed by atoms with van der Waals surface area (Å²) in [5.41, 5.74) is 1.54. The number of nitrogens with zero attached hydrogens (tertiary/aromatic N) is 2. The Morgan fingerprint density at radius 2 is 1.95 bits per heavy atom. The lowest BCUT2D eigenvalue weighted by Gasteiger charge is -2.33. The van der Waals surface area contributed by atoms with Gasteiger partial charge >= 0.3 is 0 Å². The van der Waals surface area contributed by atoms with Crippen molar-refractivity contribution >= 4 is 0 Å². The van der Waals surface area contributed by atoms with Crippen molar-refractivity contribution in [2.45, 2.75) is 38.7 Å². The number of likely N-dealkylation sites (tertiary alicyclic amines) is 1. The van der Waals surface area contributed by atoms with Crippen LogP contribution in [0.1, 0.15) is 49.8 Å². The molecule has 1 aromatic carbocycles. The molecule has 3 heteroatoms. The lowest BCUT2D eigenvalue weighted by atomic mass is 9.92. The zero-order valence-corrected chi connectivity index (χ0v) is 12.3. The van der Waals surface area contributed by atoms with Gasteiger partial charge < -0.3 is 10.0 Å². The second-order valence-corrected chi connectivity index (χ2v) is 5.78. The summed E-state index contributed by atoms with van der Waals surface area (Å²) in [6.07, 6.45) is 4.68. The Kier molecular flexibility index (Phi) is 5.58. The summed E-state index contributed by atoms with van der Waals surface area (Å²) >= 11 is 0. The highest BCUT2D eigenvalue weighted by atomic mass is 16.3. The van der Waals surface area contributed by atoms with Crippen LogP contribution in [-0.2, 0) is 0 Å². The Hall–Kier alpha value is -1.37. The predicted octanol–water partition coefficient (Wildman–Crippen LogP) is 3.10. The molecule has 108 valence electrons. The average Bonchev–Trinajstić information content (AvgIpc) is 2.49. The first-order valence-electron chi connectivity index (χ1n) is 7.63. The molecule has 0 aliphatic carbocycles. The minimum absolute atomic E-state index is 0.453. The van der Waals surface area contributed by atoms with Crippen LogP contribution >= 0.6 is 0 Å². The minimum atomic E-state index is -0.453. The van der Waals surface area contributed by atoms with Gasteiger partial charge in [0.05, 0.1) is 17.7 Å². The van der Waals surface area contributed by atoms with Crippen LogP contribution in [0.25, 0.3) is 0 Å². The molecule has 1 aliphatic rings. The summed E-state index contributed by atoms with van der Waals surface area (Å²) in [4.78, 5) is 2.36. The van der Waals surface area contributed by atoms with Crippen LogP contribution in [0.15, 0.2) is 24.3 Å². The molecule has 3 nitrogen and oxygen atoms in total. The monoisotopic (exact) mass is 272 g/mol. The number of hydrogen-bond acceptors (Lipinski definition) is 3. The maximum atomic E-state index is 10.3. The molecule has 1 N–H and O–H groups in total. The van der Waals surface area contributed by atoms with E-state index in [4.69, 9.17) is 5.26 Å². The Morgan fingerprint density at radius 3 is 2.50 bits per heavy atom. The van der Waals surface area contributed by atoms with Crippen molar-refractivity contribution in [1.29, 1.82) is 5.26 Å². The Labute approximate surface area is 121 Å². The summed E-state index contributed by atoms with van der Waals surface area (Å²) in [6.45, 7) is 5.14. The third kappa shape index (κ3) is 4.06. The molecule has 2 rings (SSSR count). The normalized spacial score (nSPS) is 18.6. The second-order valence-electron chi connectivity index (χ2n) is 5.78. The van der Waals surface area contributed by atoms with E-state index in [9.17, 15) is 5.11 Å². The summed E-state index contributed by atoms with van der Waals surface area (Å²) in [5, 5.41) is 19.1. The van der Waals surface area contributed by atoms with Crippen molar-refractivity contribution in [3.05, 3.63) is 35.4 Å². The van der Waals surface area contributed by atoms with Gasteiger partial charge in [0.2, 0.25) is 0 Å². The van der Waals surface area contributed by atoms with E-state index in [1.165, 1.54) is 25.7 Å². The molecule has 1 aromatic rings. The third-order valence-corrected chi connectivity index (χ3v) is 4.26. The zero-order chi connectivity index (χ0) is 14.4. The number of nitriles is 1. The SMILES string of the molecule is CCCC1CCN(CC(O)c2ccc(C#N)cc2)CC1. The van der Waals surface area contributed by atoms with Gasteiger partial charge in [-0.05, 0) is 49.5 Å². The molecule has 1 fully saturated rings. The number of benzene rings is 1. The minimum Gasteiger partial charge on any atom is -0.387 e. The fraction of sp³-hybridized carbons (Fsp3) is 0.588. The molecule has 1 saturated heterocycles. The molecule has 0 amide bonds. The molecule has 0 saturated carbocycles. The van der Waals surface area contributed by atoms with Gasteiger partial charge in [0, 0.05) is 6.54 Å². The van der Waals surface area contributed by atoms with E-state index in [1.54, 1.807) is 12.1 Å². The van der Waals surface area contributed by atoms with Gasteiger partial charge in [0.1, 0.15) is 0 Å². The van der Waals surface area contributed by atoms with E-state index in [0.717, 1.165) is 24.6 Å². The molecular formula is C17H24N2O. The van der Waals surface area contributed by atoms with Gasteiger partial charge in [-0.25, -0.2) is 0 Å². The Balaban J connectivity index is 1.82. The number of β-amino-alcohol motifs (C(OH)–C–C–N with tert-alkyl or cyclic N) is 1. The van der Waals surface area contributed by atoms with Crippen molar-refractivity contribution in [3.63, 3.8) is 0 Å². The number of aliphatic hydroxyl groups is 1. The van der Waals surface area contributed by atoms with Crippen LogP contribution < -0.4 is 0 Å². The molecule has 1 atom stereocenters. The van der Waals surface area contributed by atoms with Crippen molar-refractivity contribution in [2.24, 2.45) is 5.92 Å². The number of hydrogen-bond donors (Lipinski definition) is 1. The quantitative estimate of drug-likeness (QED) is 0.896. The first-order valence-corrected chi connectivity index (χ1v) is 7.63. The highest BCUT2D eigenvalue weighted by molar-refractivity contribution is 5.32. The molecule has 0 spiro atoms. The first-order chi connectivity index (χ1) is 9.72. The molecule has 1 aliphatic heterocycles. The number of aliphatic hydroxyl groups excluding tert-OH is 1. The zero-order valence-electron chi connectivity index (χ0n) is 12.3. The van der Waals surface area contributed by atoms with E-state index < -0.39 is 6.10 Å². The number of rotatable bonds is 5. The van der Waals surface area contributed by atoms with Crippen LogP contribution in [0.4, 0.5) is 0 Å². The Morgan fingerprint density at radius 1 is 1.30 bits per heavy atom. The van der Waals surface area contributed by atoms with Crippen LogP contribution in [-0.4, -0.2) is 29.6 Å². The van der Waals surface area contributed by atoms with Crippen molar-refractivity contribution < 1.29 is 5.11 Å². The van der Waals surface area contributed by atoms with E-state index >= 15 is 0 Å². The standard InChI is InChI=1S/C17H24N2O/c1-2-3-14-8-10-19(11-9-14)13-17(20)16-6-4-15(12-18)5-7-16/h4-7,14,17,20H,2-3,8-11,13H2,1H3. The molecular weight excluding hydrogens is 248 g/mol. The molecule has 0 aromatic heterocycles. The first kappa shape index (κ1) is 15.0. The fourth-order valence-corrected chi connectivity index (χ4v) is 3.00. The van der Waals surface area contributed by atoms with E-state index in [0.29, 0.717) is 12.1 Å². The van der Waals surface area contributed by atoms with Crippen LogP contribution in [0.2, 0.25) is 0 Å². The summed E-state index contributed by atoms with van der Waals surface area (Å²) in [5.74, 6) is 0.878. The van der Waals surface area contributed by atoms with Gasteiger partial charge in [-0.1, -0.05) is 31.9 Å². The summed E-state index contributed by atoms with van der Waals surface area (Å²) < 4.78 is 0. The summed E-state index contributed by atoms with van der Waals surface area (Å²) in [6, 6.07) is 9.35. The van der Waals surface area contributed by atoms with Crippen molar-refractivity contribution in [2.75, 3.05) is 19.6 Å². The average molecular weight is 272 g/mol. The van der Waals surface area contributed by atoms with Crippen molar-refractivity contribution in [1.82, 2.24) is 4.90 Å². The number of piperidine rings is 1. The molecule has 1 heterocycles.